The Hall–Kier alpha value is -1.42. The highest BCUT2D eigenvalue weighted by molar-refractivity contribution is 5.71. The average molecular weight is 190 g/mol. The van der Waals surface area contributed by atoms with Crippen LogP contribution < -0.4 is 5.32 Å². The molecule has 0 radical (unpaired) electrons. The molecule has 0 amide bonds. The Morgan fingerprint density at radius 2 is 2.29 bits per heavy atom. The van der Waals surface area contributed by atoms with Crippen LogP contribution in [0.2, 0.25) is 0 Å². The Labute approximate surface area is 83.0 Å². The van der Waals surface area contributed by atoms with E-state index in [0.29, 0.717) is 0 Å². The van der Waals surface area contributed by atoms with Gasteiger partial charge in [-0.05, 0) is 26.1 Å². The number of hydrogen-bond acceptors (Lipinski definition) is 3. The van der Waals surface area contributed by atoms with Crippen molar-refractivity contribution < 1.29 is 0 Å². The Bertz CT molecular complexity index is 446. The predicted molar refractivity (Wildman–Crippen MR) is 56.0 cm³/mol. The second kappa shape index (κ2) is 3.38. The van der Waals surface area contributed by atoms with Crippen LogP contribution in [-0.2, 0) is 7.05 Å². The second-order valence-electron chi connectivity index (χ2n) is 3.39. The molecule has 0 aliphatic carbocycles. The van der Waals surface area contributed by atoms with Gasteiger partial charge in [-0.25, -0.2) is 9.97 Å². The third-order valence-electron chi connectivity index (χ3n) is 2.48. The molecule has 0 aliphatic rings. The number of hydrogen-bond donors (Lipinski definition) is 1. The summed E-state index contributed by atoms with van der Waals surface area (Å²) in [6.45, 7) is 2.08. The molecule has 0 spiro atoms. The molecular weight excluding hydrogens is 176 g/mol. The molecule has 1 N–H and O–H groups in total. The molecule has 0 fully saturated rings. The lowest BCUT2D eigenvalue weighted by Gasteiger charge is -2.08. The molecule has 2 heterocycles. The summed E-state index contributed by atoms with van der Waals surface area (Å²) in [4.78, 5) is 8.81. The van der Waals surface area contributed by atoms with Crippen LogP contribution in [0, 0.1) is 0 Å². The molecule has 4 heteroatoms. The van der Waals surface area contributed by atoms with Gasteiger partial charge < -0.3 is 9.88 Å². The number of aromatic nitrogens is 3. The SMILES string of the molecule is CNC(C)c1nc2cccnc2n1C. The lowest BCUT2D eigenvalue weighted by Crippen LogP contribution is -2.16. The number of fused-ring (bicyclic) bond motifs is 1. The highest BCUT2D eigenvalue weighted by Crippen LogP contribution is 2.16. The minimum Gasteiger partial charge on any atom is -0.315 e. The van der Waals surface area contributed by atoms with Crippen LogP contribution in [0.15, 0.2) is 18.3 Å². The fraction of sp³-hybridized carbons (Fsp3) is 0.400. The second-order valence-corrected chi connectivity index (χ2v) is 3.39. The standard InChI is InChI=1S/C10H14N4/c1-7(11-2)9-13-8-5-4-6-12-10(8)14(9)3/h4-7,11H,1-3H3. The fourth-order valence-corrected chi connectivity index (χ4v) is 1.56. The monoisotopic (exact) mass is 190 g/mol. The highest BCUT2D eigenvalue weighted by atomic mass is 15.1. The lowest BCUT2D eigenvalue weighted by molar-refractivity contribution is 0.589. The van der Waals surface area contributed by atoms with E-state index in [2.05, 4.69) is 22.2 Å². The third-order valence-corrected chi connectivity index (χ3v) is 2.48. The zero-order chi connectivity index (χ0) is 10.1. The van der Waals surface area contributed by atoms with E-state index in [1.807, 2.05) is 30.8 Å². The van der Waals surface area contributed by atoms with Gasteiger partial charge in [0.05, 0.1) is 6.04 Å². The highest BCUT2D eigenvalue weighted by Gasteiger charge is 2.12. The van der Waals surface area contributed by atoms with E-state index in [1.165, 1.54) is 0 Å². The van der Waals surface area contributed by atoms with Crippen LogP contribution in [0.3, 0.4) is 0 Å². The Kier molecular flexibility index (Phi) is 2.21. The van der Waals surface area contributed by atoms with Crippen LogP contribution in [0.5, 0.6) is 0 Å². The summed E-state index contributed by atoms with van der Waals surface area (Å²) >= 11 is 0. The molecule has 4 nitrogen and oxygen atoms in total. The number of nitrogens with one attached hydrogen (secondary N) is 1. The van der Waals surface area contributed by atoms with E-state index in [0.717, 1.165) is 17.0 Å². The number of rotatable bonds is 2. The van der Waals surface area contributed by atoms with Gasteiger partial charge in [0.15, 0.2) is 5.65 Å². The molecule has 0 aromatic carbocycles. The molecule has 1 unspecified atom stereocenters. The number of pyridine rings is 1. The van der Waals surface area contributed by atoms with E-state index in [4.69, 9.17) is 0 Å². The normalized spacial score (nSPS) is 13.4. The summed E-state index contributed by atoms with van der Waals surface area (Å²) in [6.07, 6.45) is 1.79. The molecule has 2 aromatic heterocycles. The Morgan fingerprint density at radius 1 is 1.50 bits per heavy atom. The van der Waals surface area contributed by atoms with E-state index in [-0.39, 0.29) is 6.04 Å². The minimum atomic E-state index is 0.245. The quantitative estimate of drug-likeness (QED) is 0.775. The summed E-state index contributed by atoms with van der Waals surface area (Å²) in [5, 5.41) is 3.17. The number of nitrogens with zero attached hydrogens (tertiary/aromatic N) is 3. The maximum Gasteiger partial charge on any atom is 0.159 e. The van der Waals surface area contributed by atoms with Crippen molar-refractivity contribution in [1.29, 1.82) is 0 Å². The topological polar surface area (TPSA) is 42.7 Å². The lowest BCUT2D eigenvalue weighted by atomic mass is 10.3. The van der Waals surface area contributed by atoms with Gasteiger partial charge in [0, 0.05) is 13.2 Å². The smallest absolute Gasteiger partial charge is 0.159 e. The average Bonchev–Trinajstić information content (AvgIpc) is 2.56. The van der Waals surface area contributed by atoms with Gasteiger partial charge in [-0.1, -0.05) is 0 Å². The molecule has 0 aliphatic heterocycles. The summed E-state index contributed by atoms with van der Waals surface area (Å²) in [5.41, 5.74) is 1.89. The van der Waals surface area contributed by atoms with Gasteiger partial charge in [0.1, 0.15) is 11.3 Å². The third kappa shape index (κ3) is 1.28. The summed E-state index contributed by atoms with van der Waals surface area (Å²) < 4.78 is 2.02. The first-order valence-electron chi connectivity index (χ1n) is 4.68. The number of imidazole rings is 1. The number of aryl methyl sites for hydroxylation is 1. The molecular formula is C10H14N4. The summed E-state index contributed by atoms with van der Waals surface area (Å²) in [6, 6.07) is 4.13. The van der Waals surface area contributed by atoms with Crippen molar-refractivity contribution >= 4 is 11.2 Å². The van der Waals surface area contributed by atoms with Gasteiger partial charge in [-0.15, -0.1) is 0 Å². The maximum atomic E-state index is 4.52. The fourth-order valence-electron chi connectivity index (χ4n) is 1.56. The van der Waals surface area contributed by atoms with Gasteiger partial charge in [-0.3, -0.25) is 0 Å². The van der Waals surface area contributed by atoms with Gasteiger partial charge in [-0.2, -0.15) is 0 Å². The molecule has 74 valence electrons. The van der Waals surface area contributed by atoms with Crippen molar-refractivity contribution in [2.24, 2.45) is 7.05 Å². The predicted octanol–water partition coefficient (Wildman–Crippen LogP) is 1.25. The molecule has 0 bridgehead atoms. The van der Waals surface area contributed by atoms with Crippen LogP contribution >= 0.6 is 0 Å². The van der Waals surface area contributed by atoms with Gasteiger partial charge >= 0.3 is 0 Å². The summed E-state index contributed by atoms with van der Waals surface area (Å²) in [7, 11) is 3.92. The van der Waals surface area contributed by atoms with E-state index in [9.17, 15) is 0 Å². The van der Waals surface area contributed by atoms with E-state index in [1.54, 1.807) is 6.20 Å². The summed E-state index contributed by atoms with van der Waals surface area (Å²) in [5.74, 6) is 1.02. The maximum absolute atomic E-state index is 4.52. The zero-order valence-electron chi connectivity index (χ0n) is 8.65. The van der Waals surface area contributed by atoms with Crippen molar-refractivity contribution in [3.63, 3.8) is 0 Å². The van der Waals surface area contributed by atoms with Gasteiger partial charge in [0.2, 0.25) is 0 Å². The minimum absolute atomic E-state index is 0.245. The Balaban J connectivity index is 2.62. The molecule has 14 heavy (non-hydrogen) atoms. The molecule has 0 saturated heterocycles. The molecule has 0 saturated carbocycles. The van der Waals surface area contributed by atoms with Gasteiger partial charge in [0.25, 0.3) is 0 Å². The van der Waals surface area contributed by atoms with E-state index < -0.39 is 0 Å². The first kappa shape index (κ1) is 9.15. The first-order chi connectivity index (χ1) is 6.74. The van der Waals surface area contributed by atoms with E-state index >= 15 is 0 Å². The van der Waals surface area contributed by atoms with Crippen LogP contribution in [-0.4, -0.2) is 21.6 Å². The van der Waals surface area contributed by atoms with Crippen molar-refractivity contribution in [3.8, 4) is 0 Å². The Morgan fingerprint density at radius 3 is 2.93 bits per heavy atom. The molecule has 2 aromatic rings. The van der Waals surface area contributed by atoms with Crippen LogP contribution in [0.25, 0.3) is 11.2 Å². The molecule has 2 rings (SSSR count). The van der Waals surface area contributed by atoms with Crippen molar-refractivity contribution in [1.82, 2.24) is 19.9 Å². The van der Waals surface area contributed by atoms with Crippen LogP contribution in [0.1, 0.15) is 18.8 Å². The van der Waals surface area contributed by atoms with Crippen molar-refractivity contribution in [2.45, 2.75) is 13.0 Å². The molecule has 1 atom stereocenters. The first-order valence-corrected chi connectivity index (χ1v) is 4.68. The van der Waals surface area contributed by atoms with Crippen molar-refractivity contribution in [2.75, 3.05) is 7.05 Å². The van der Waals surface area contributed by atoms with Crippen molar-refractivity contribution in [3.05, 3.63) is 24.2 Å². The van der Waals surface area contributed by atoms with Crippen LogP contribution in [0.4, 0.5) is 0 Å². The zero-order valence-corrected chi connectivity index (χ0v) is 8.65. The largest absolute Gasteiger partial charge is 0.315 e.